The van der Waals surface area contributed by atoms with Crippen LogP contribution in [0.3, 0.4) is 0 Å². The maximum Gasteiger partial charge on any atom is 0.149 e. The van der Waals surface area contributed by atoms with Crippen LogP contribution < -0.4 is 10.6 Å². The standard InChI is InChI=1S/C8H11IN4/c9-6-3-8(13-11-4-6)12-7-1-2-10-5-7/h3-4,7,10H,1-2,5H2,(H,12,13). The zero-order valence-corrected chi connectivity index (χ0v) is 9.28. The van der Waals surface area contributed by atoms with Gasteiger partial charge < -0.3 is 10.6 Å². The van der Waals surface area contributed by atoms with Gasteiger partial charge >= 0.3 is 0 Å². The highest BCUT2D eigenvalue weighted by Crippen LogP contribution is 2.10. The smallest absolute Gasteiger partial charge is 0.149 e. The van der Waals surface area contributed by atoms with Crippen LogP contribution in [0.2, 0.25) is 0 Å². The highest BCUT2D eigenvalue weighted by atomic mass is 127. The number of anilines is 1. The molecule has 0 spiro atoms. The minimum absolute atomic E-state index is 0.507. The number of rotatable bonds is 2. The average Bonchev–Trinajstić information content (AvgIpc) is 2.57. The molecule has 0 amide bonds. The van der Waals surface area contributed by atoms with Crippen LogP contribution in [0.4, 0.5) is 5.82 Å². The fourth-order valence-corrected chi connectivity index (χ4v) is 1.82. The van der Waals surface area contributed by atoms with E-state index in [1.165, 1.54) is 0 Å². The van der Waals surface area contributed by atoms with Gasteiger partial charge in [-0.15, -0.1) is 5.10 Å². The largest absolute Gasteiger partial charge is 0.364 e. The maximum absolute atomic E-state index is 4.01. The zero-order chi connectivity index (χ0) is 9.10. The molecular formula is C8H11IN4. The Morgan fingerprint density at radius 3 is 3.23 bits per heavy atom. The van der Waals surface area contributed by atoms with Gasteiger partial charge in [0, 0.05) is 16.2 Å². The lowest BCUT2D eigenvalue weighted by atomic mass is 10.2. The Morgan fingerprint density at radius 1 is 1.62 bits per heavy atom. The lowest BCUT2D eigenvalue weighted by Crippen LogP contribution is -2.22. The Hall–Kier alpha value is -0.430. The van der Waals surface area contributed by atoms with Gasteiger partial charge in [-0.1, -0.05) is 0 Å². The van der Waals surface area contributed by atoms with Gasteiger partial charge in [-0.2, -0.15) is 5.10 Å². The average molecular weight is 290 g/mol. The summed E-state index contributed by atoms with van der Waals surface area (Å²) in [7, 11) is 0. The van der Waals surface area contributed by atoms with Crippen LogP contribution in [-0.4, -0.2) is 29.3 Å². The molecule has 4 nitrogen and oxygen atoms in total. The van der Waals surface area contributed by atoms with Crippen molar-refractivity contribution in [1.82, 2.24) is 15.5 Å². The van der Waals surface area contributed by atoms with E-state index in [0.717, 1.165) is 28.9 Å². The molecule has 2 rings (SSSR count). The van der Waals surface area contributed by atoms with E-state index in [0.29, 0.717) is 6.04 Å². The topological polar surface area (TPSA) is 49.8 Å². The number of aromatic nitrogens is 2. The number of halogens is 1. The zero-order valence-electron chi connectivity index (χ0n) is 7.13. The first-order valence-electron chi connectivity index (χ1n) is 4.30. The minimum Gasteiger partial charge on any atom is -0.364 e. The van der Waals surface area contributed by atoms with Crippen LogP contribution in [0.1, 0.15) is 6.42 Å². The molecule has 1 atom stereocenters. The molecule has 0 bridgehead atoms. The van der Waals surface area contributed by atoms with E-state index in [2.05, 4.69) is 43.4 Å². The van der Waals surface area contributed by atoms with Crippen molar-refractivity contribution in [2.75, 3.05) is 18.4 Å². The molecule has 0 aromatic carbocycles. The summed E-state index contributed by atoms with van der Waals surface area (Å²) in [5.41, 5.74) is 0. The summed E-state index contributed by atoms with van der Waals surface area (Å²) in [5.74, 6) is 0.876. The normalized spacial score (nSPS) is 21.8. The van der Waals surface area contributed by atoms with Gasteiger partial charge in [-0.3, -0.25) is 0 Å². The van der Waals surface area contributed by atoms with Crippen molar-refractivity contribution in [3.8, 4) is 0 Å². The van der Waals surface area contributed by atoms with Gasteiger partial charge in [0.05, 0.1) is 6.20 Å². The molecule has 1 fully saturated rings. The molecule has 0 saturated carbocycles. The number of nitrogens with zero attached hydrogens (tertiary/aromatic N) is 2. The van der Waals surface area contributed by atoms with Gasteiger partial charge in [0.25, 0.3) is 0 Å². The van der Waals surface area contributed by atoms with E-state index < -0.39 is 0 Å². The molecule has 1 aliphatic rings. The van der Waals surface area contributed by atoms with E-state index in [1.54, 1.807) is 6.20 Å². The third kappa shape index (κ3) is 2.50. The van der Waals surface area contributed by atoms with E-state index >= 15 is 0 Å². The molecule has 2 heterocycles. The van der Waals surface area contributed by atoms with Crippen molar-refractivity contribution >= 4 is 28.4 Å². The maximum atomic E-state index is 4.01. The molecule has 0 aliphatic carbocycles. The van der Waals surface area contributed by atoms with E-state index in [1.807, 2.05) is 6.07 Å². The Kier molecular flexibility index (Phi) is 2.94. The molecule has 1 aliphatic heterocycles. The minimum atomic E-state index is 0.507. The number of hydrogen-bond donors (Lipinski definition) is 2. The number of nitrogens with one attached hydrogen (secondary N) is 2. The van der Waals surface area contributed by atoms with Gasteiger partial charge in [0.1, 0.15) is 5.82 Å². The molecule has 1 aromatic heterocycles. The summed E-state index contributed by atoms with van der Waals surface area (Å²) >= 11 is 2.23. The Balaban J connectivity index is 2.00. The highest BCUT2D eigenvalue weighted by molar-refractivity contribution is 14.1. The SMILES string of the molecule is Ic1cnnc(NC2CCNC2)c1. The van der Waals surface area contributed by atoms with E-state index in [9.17, 15) is 0 Å². The summed E-state index contributed by atoms with van der Waals surface area (Å²) in [6.07, 6.45) is 2.91. The molecular weight excluding hydrogens is 279 g/mol. The summed E-state index contributed by atoms with van der Waals surface area (Å²) < 4.78 is 1.11. The Labute approximate surface area is 90.7 Å². The van der Waals surface area contributed by atoms with Crippen LogP contribution in [0, 0.1) is 3.57 Å². The molecule has 1 aromatic rings. The highest BCUT2D eigenvalue weighted by Gasteiger charge is 2.14. The van der Waals surface area contributed by atoms with Crippen molar-refractivity contribution in [1.29, 1.82) is 0 Å². The molecule has 1 saturated heterocycles. The van der Waals surface area contributed by atoms with Gasteiger partial charge in [0.2, 0.25) is 0 Å². The predicted octanol–water partition coefficient (Wildman–Crippen LogP) is 0.855. The van der Waals surface area contributed by atoms with Gasteiger partial charge in [-0.25, -0.2) is 0 Å². The molecule has 13 heavy (non-hydrogen) atoms. The summed E-state index contributed by atoms with van der Waals surface area (Å²) in [4.78, 5) is 0. The summed E-state index contributed by atoms with van der Waals surface area (Å²) in [6, 6.07) is 2.51. The fraction of sp³-hybridized carbons (Fsp3) is 0.500. The summed E-state index contributed by atoms with van der Waals surface area (Å²) in [5, 5.41) is 14.5. The fourth-order valence-electron chi connectivity index (χ4n) is 1.40. The molecule has 1 unspecified atom stereocenters. The van der Waals surface area contributed by atoms with Gasteiger partial charge in [-0.05, 0) is 41.6 Å². The van der Waals surface area contributed by atoms with E-state index in [4.69, 9.17) is 0 Å². The van der Waals surface area contributed by atoms with E-state index in [-0.39, 0.29) is 0 Å². The molecule has 70 valence electrons. The third-order valence-corrected chi connectivity index (χ3v) is 2.62. The van der Waals surface area contributed by atoms with Crippen molar-refractivity contribution in [3.05, 3.63) is 15.8 Å². The van der Waals surface area contributed by atoms with Crippen molar-refractivity contribution in [2.45, 2.75) is 12.5 Å². The van der Waals surface area contributed by atoms with Crippen LogP contribution in [-0.2, 0) is 0 Å². The van der Waals surface area contributed by atoms with Crippen LogP contribution in [0.5, 0.6) is 0 Å². The number of hydrogen-bond acceptors (Lipinski definition) is 4. The predicted molar refractivity (Wildman–Crippen MR) is 59.6 cm³/mol. The molecule has 0 radical (unpaired) electrons. The Bertz CT molecular complexity index is 285. The lowest BCUT2D eigenvalue weighted by Gasteiger charge is -2.10. The van der Waals surface area contributed by atoms with Crippen molar-refractivity contribution < 1.29 is 0 Å². The van der Waals surface area contributed by atoms with Crippen molar-refractivity contribution in [3.63, 3.8) is 0 Å². The molecule has 5 heteroatoms. The summed E-state index contributed by atoms with van der Waals surface area (Å²) in [6.45, 7) is 2.11. The van der Waals surface area contributed by atoms with Crippen LogP contribution in [0.15, 0.2) is 12.3 Å². The molecule has 2 N–H and O–H groups in total. The third-order valence-electron chi connectivity index (χ3n) is 2.03. The second-order valence-electron chi connectivity index (χ2n) is 3.09. The monoisotopic (exact) mass is 290 g/mol. The first-order chi connectivity index (χ1) is 6.34. The first kappa shape index (κ1) is 9.14. The Morgan fingerprint density at radius 2 is 2.54 bits per heavy atom. The second kappa shape index (κ2) is 4.19. The van der Waals surface area contributed by atoms with Crippen LogP contribution in [0.25, 0.3) is 0 Å². The van der Waals surface area contributed by atoms with Crippen LogP contribution >= 0.6 is 22.6 Å². The quantitative estimate of drug-likeness (QED) is 0.793. The first-order valence-corrected chi connectivity index (χ1v) is 5.38. The van der Waals surface area contributed by atoms with Crippen molar-refractivity contribution in [2.24, 2.45) is 0 Å². The lowest BCUT2D eigenvalue weighted by molar-refractivity contribution is 0.782. The second-order valence-corrected chi connectivity index (χ2v) is 4.34. The van der Waals surface area contributed by atoms with Gasteiger partial charge in [0.15, 0.2) is 0 Å².